The first kappa shape index (κ1) is 15.4. The number of aromatic hydroxyl groups is 1. The predicted molar refractivity (Wildman–Crippen MR) is 85.3 cm³/mol. The Balaban J connectivity index is 2.45. The minimum Gasteiger partial charge on any atom is -0.508 e. The quantitative estimate of drug-likeness (QED) is 0.932. The summed E-state index contributed by atoms with van der Waals surface area (Å²) in [5.41, 5.74) is 2.19. The summed E-state index contributed by atoms with van der Waals surface area (Å²) in [6.45, 7) is 6.96. The molecule has 1 aromatic heterocycles. The zero-order valence-corrected chi connectivity index (χ0v) is 13.2. The number of hydrogen-bond donors (Lipinski definition) is 1. The van der Waals surface area contributed by atoms with E-state index in [-0.39, 0.29) is 11.7 Å². The van der Waals surface area contributed by atoms with Gasteiger partial charge in [-0.2, -0.15) is 0 Å². The maximum atomic E-state index is 12.8. The molecule has 112 valence electrons. The molecule has 5 heteroatoms. The molecular formula is C16H19ClN2O2. The number of carbonyl (C=O) groups is 1. The number of anilines is 1. The van der Waals surface area contributed by atoms with Crippen LogP contribution in [-0.4, -0.2) is 22.1 Å². The van der Waals surface area contributed by atoms with Crippen LogP contribution in [0.4, 0.5) is 5.69 Å². The second-order valence-electron chi connectivity index (χ2n) is 4.85. The molecule has 4 nitrogen and oxygen atoms in total. The average Bonchev–Trinajstić information content (AvgIpc) is 2.84. The van der Waals surface area contributed by atoms with Crippen LogP contribution in [0.15, 0.2) is 30.5 Å². The van der Waals surface area contributed by atoms with Gasteiger partial charge in [0.25, 0.3) is 5.91 Å². The zero-order valence-electron chi connectivity index (χ0n) is 12.4. The van der Waals surface area contributed by atoms with Crippen LogP contribution in [0, 0.1) is 6.92 Å². The van der Waals surface area contributed by atoms with Gasteiger partial charge in [0.05, 0.1) is 10.7 Å². The first-order valence-corrected chi connectivity index (χ1v) is 7.32. The van der Waals surface area contributed by atoms with Gasteiger partial charge >= 0.3 is 0 Å². The predicted octanol–water partition coefficient (Wildman–Crippen LogP) is 3.84. The third kappa shape index (κ3) is 3.05. The highest BCUT2D eigenvalue weighted by molar-refractivity contribution is 6.31. The van der Waals surface area contributed by atoms with Crippen LogP contribution in [0.25, 0.3) is 0 Å². The molecule has 2 aromatic rings. The first-order valence-electron chi connectivity index (χ1n) is 6.95. The number of amides is 1. The van der Waals surface area contributed by atoms with Crippen molar-refractivity contribution in [2.24, 2.45) is 0 Å². The number of rotatable bonds is 4. The fourth-order valence-electron chi connectivity index (χ4n) is 2.37. The highest BCUT2D eigenvalue weighted by atomic mass is 35.5. The summed E-state index contributed by atoms with van der Waals surface area (Å²) in [6, 6.07) is 6.70. The number of nitrogens with zero attached hydrogens (tertiary/aromatic N) is 2. The second-order valence-corrected chi connectivity index (χ2v) is 5.29. The van der Waals surface area contributed by atoms with Gasteiger partial charge in [0.1, 0.15) is 11.4 Å². The average molecular weight is 307 g/mol. The van der Waals surface area contributed by atoms with Crippen LogP contribution in [0.2, 0.25) is 5.02 Å². The van der Waals surface area contributed by atoms with E-state index in [0.717, 1.165) is 5.56 Å². The van der Waals surface area contributed by atoms with Gasteiger partial charge in [0.2, 0.25) is 0 Å². The van der Waals surface area contributed by atoms with Crippen LogP contribution in [-0.2, 0) is 6.54 Å². The fraction of sp³-hybridized carbons (Fsp3) is 0.312. The van der Waals surface area contributed by atoms with Gasteiger partial charge in [-0.05, 0) is 38.5 Å². The molecule has 0 radical (unpaired) electrons. The van der Waals surface area contributed by atoms with Crippen molar-refractivity contribution < 1.29 is 9.90 Å². The summed E-state index contributed by atoms with van der Waals surface area (Å²) in [4.78, 5) is 14.4. The molecule has 0 fully saturated rings. The van der Waals surface area contributed by atoms with Crippen LogP contribution < -0.4 is 4.90 Å². The number of carbonyl (C=O) groups excluding carboxylic acids is 1. The summed E-state index contributed by atoms with van der Waals surface area (Å²) in [5.74, 6) is 0.0192. The minimum atomic E-state index is -0.125. The number of aromatic nitrogens is 1. The smallest absolute Gasteiger partial charge is 0.274 e. The Labute approximate surface area is 129 Å². The molecule has 0 saturated heterocycles. The van der Waals surface area contributed by atoms with E-state index in [1.54, 1.807) is 35.4 Å². The molecule has 1 amide bonds. The lowest BCUT2D eigenvalue weighted by atomic mass is 10.1. The Hall–Kier alpha value is -1.94. The third-order valence-corrected chi connectivity index (χ3v) is 3.67. The normalized spacial score (nSPS) is 10.7. The summed E-state index contributed by atoms with van der Waals surface area (Å²) in [6.07, 6.45) is 1.75. The number of hydrogen-bond acceptors (Lipinski definition) is 2. The van der Waals surface area contributed by atoms with Crippen molar-refractivity contribution >= 4 is 23.2 Å². The topological polar surface area (TPSA) is 45.5 Å². The van der Waals surface area contributed by atoms with Gasteiger partial charge in [-0.15, -0.1) is 0 Å². The van der Waals surface area contributed by atoms with Crippen molar-refractivity contribution in [3.05, 3.63) is 46.7 Å². The Morgan fingerprint density at radius 1 is 1.33 bits per heavy atom. The van der Waals surface area contributed by atoms with Crippen molar-refractivity contribution in [3.8, 4) is 5.75 Å². The molecule has 0 aliphatic rings. The molecule has 0 bridgehead atoms. The molecule has 0 unspecified atom stereocenters. The van der Waals surface area contributed by atoms with E-state index in [1.165, 1.54) is 0 Å². The highest BCUT2D eigenvalue weighted by Crippen LogP contribution is 2.27. The molecule has 21 heavy (non-hydrogen) atoms. The SMILES string of the molecule is CCN(C(=O)c1cc(Cl)cn1CC)c1cc(O)ccc1C. The molecule has 0 spiro atoms. The van der Waals surface area contributed by atoms with Crippen LogP contribution >= 0.6 is 11.6 Å². The summed E-state index contributed by atoms with van der Waals surface area (Å²) in [7, 11) is 0. The number of aryl methyl sites for hydroxylation is 2. The molecule has 0 atom stereocenters. The molecule has 1 N–H and O–H groups in total. The van der Waals surface area contributed by atoms with Crippen molar-refractivity contribution in [1.29, 1.82) is 0 Å². The molecule has 1 heterocycles. The zero-order chi connectivity index (χ0) is 15.6. The van der Waals surface area contributed by atoms with Gasteiger partial charge in [0, 0.05) is 25.4 Å². The van der Waals surface area contributed by atoms with E-state index < -0.39 is 0 Å². The fourth-order valence-corrected chi connectivity index (χ4v) is 2.59. The number of phenols is 1. The van der Waals surface area contributed by atoms with Crippen molar-refractivity contribution in [3.63, 3.8) is 0 Å². The molecule has 2 rings (SSSR count). The van der Waals surface area contributed by atoms with Crippen molar-refractivity contribution in [2.45, 2.75) is 27.3 Å². The standard InChI is InChI=1S/C16H19ClN2O2/c1-4-18-10-12(17)8-15(18)16(21)19(5-2)14-9-13(20)7-6-11(14)3/h6-10,20H,4-5H2,1-3H3. The lowest BCUT2D eigenvalue weighted by Gasteiger charge is -2.23. The van der Waals surface area contributed by atoms with Gasteiger partial charge in [-0.3, -0.25) is 4.79 Å². The molecule has 1 aromatic carbocycles. The summed E-state index contributed by atoms with van der Waals surface area (Å²) >= 11 is 6.01. The van der Waals surface area contributed by atoms with Gasteiger partial charge in [-0.25, -0.2) is 0 Å². The number of benzene rings is 1. The largest absolute Gasteiger partial charge is 0.508 e. The van der Waals surface area contributed by atoms with E-state index in [4.69, 9.17) is 11.6 Å². The molecule has 0 aliphatic carbocycles. The van der Waals surface area contributed by atoms with E-state index in [2.05, 4.69) is 0 Å². The Morgan fingerprint density at radius 3 is 2.67 bits per heavy atom. The minimum absolute atomic E-state index is 0.125. The monoisotopic (exact) mass is 306 g/mol. The van der Waals surface area contributed by atoms with E-state index in [0.29, 0.717) is 29.5 Å². The lowest BCUT2D eigenvalue weighted by molar-refractivity contribution is 0.0979. The molecular weight excluding hydrogens is 288 g/mol. The number of halogens is 1. The molecule has 0 aliphatic heterocycles. The third-order valence-electron chi connectivity index (χ3n) is 3.47. The van der Waals surface area contributed by atoms with Gasteiger partial charge < -0.3 is 14.6 Å². The Bertz CT molecular complexity index is 664. The van der Waals surface area contributed by atoms with Crippen LogP contribution in [0.1, 0.15) is 29.9 Å². The summed E-state index contributed by atoms with van der Waals surface area (Å²) < 4.78 is 1.82. The van der Waals surface area contributed by atoms with E-state index in [9.17, 15) is 9.90 Å². The van der Waals surface area contributed by atoms with Crippen molar-refractivity contribution in [2.75, 3.05) is 11.4 Å². The molecule has 0 saturated carbocycles. The Morgan fingerprint density at radius 2 is 2.05 bits per heavy atom. The van der Waals surface area contributed by atoms with Crippen molar-refractivity contribution in [1.82, 2.24) is 4.57 Å². The van der Waals surface area contributed by atoms with Crippen LogP contribution in [0.5, 0.6) is 5.75 Å². The van der Waals surface area contributed by atoms with Crippen LogP contribution in [0.3, 0.4) is 0 Å². The highest BCUT2D eigenvalue weighted by Gasteiger charge is 2.21. The first-order chi connectivity index (χ1) is 9.97. The maximum Gasteiger partial charge on any atom is 0.274 e. The van der Waals surface area contributed by atoms with E-state index >= 15 is 0 Å². The van der Waals surface area contributed by atoms with Gasteiger partial charge in [-0.1, -0.05) is 17.7 Å². The second kappa shape index (κ2) is 6.22. The lowest BCUT2D eigenvalue weighted by Crippen LogP contribution is -2.32. The number of phenolic OH excluding ortho intramolecular Hbond substituents is 1. The van der Waals surface area contributed by atoms with E-state index in [1.807, 2.05) is 25.3 Å². The Kier molecular flexibility index (Phi) is 4.58. The van der Waals surface area contributed by atoms with Gasteiger partial charge in [0.15, 0.2) is 0 Å². The summed E-state index contributed by atoms with van der Waals surface area (Å²) in [5, 5.41) is 10.2. The maximum absolute atomic E-state index is 12.8.